The van der Waals surface area contributed by atoms with Gasteiger partial charge in [-0.1, -0.05) is 37.1 Å². The average molecular weight is 305 g/mol. The highest BCUT2D eigenvalue weighted by Crippen LogP contribution is 2.11. The summed E-state index contributed by atoms with van der Waals surface area (Å²) < 4.78 is 0. The van der Waals surface area contributed by atoms with Gasteiger partial charge in [-0.25, -0.2) is 0 Å². The molecule has 0 N–H and O–H groups in total. The standard InChI is InChI=1S/C20H36N2/c1-17(2)9-7-11-19(5)13-15-21-22-16-14-20(6)12-8-10-18(3)4/h9-10,15-16,19-20H,7-8,11-14H2,1-6H3/b21-15+,22-16+/t19-,20-/m1/s1. The van der Waals surface area contributed by atoms with Gasteiger partial charge in [0.15, 0.2) is 0 Å². The van der Waals surface area contributed by atoms with Crippen LogP contribution in [0.25, 0.3) is 0 Å². The number of allylic oxidation sites excluding steroid dienone is 4. The van der Waals surface area contributed by atoms with Crippen LogP contribution in [0.1, 0.15) is 80.1 Å². The molecular formula is C20H36N2. The van der Waals surface area contributed by atoms with Gasteiger partial charge in [0.25, 0.3) is 0 Å². The zero-order valence-electron chi connectivity index (χ0n) is 15.6. The number of hydrogen-bond donors (Lipinski definition) is 0. The molecule has 0 heterocycles. The van der Waals surface area contributed by atoms with Crippen LogP contribution in [-0.2, 0) is 0 Å². The van der Waals surface area contributed by atoms with Crippen molar-refractivity contribution in [2.45, 2.75) is 80.1 Å². The molecule has 0 saturated heterocycles. The van der Waals surface area contributed by atoms with E-state index in [4.69, 9.17) is 0 Å². The van der Waals surface area contributed by atoms with Crippen LogP contribution >= 0.6 is 0 Å². The van der Waals surface area contributed by atoms with E-state index < -0.39 is 0 Å². The van der Waals surface area contributed by atoms with Crippen LogP contribution in [0.2, 0.25) is 0 Å². The van der Waals surface area contributed by atoms with Crippen LogP contribution in [0, 0.1) is 11.8 Å². The second kappa shape index (κ2) is 13.5. The minimum absolute atomic E-state index is 0.678. The van der Waals surface area contributed by atoms with Crippen molar-refractivity contribution in [2.75, 3.05) is 0 Å². The van der Waals surface area contributed by atoms with E-state index in [2.05, 4.69) is 63.9 Å². The average Bonchev–Trinajstić information content (AvgIpc) is 2.41. The highest BCUT2D eigenvalue weighted by molar-refractivity contribution is 5.61. The summed E-state index contributed by atoms with van der Waals surface area (Å²) in [6, 6.07) is 0. The molecule has 2 atom stereocenters. The van der Waals surface area contributed by atoms with E-state index in [9.17, 15) is 0 Å². The summed E-state index contributed by atoms with van der Waals surface area (Å²) in [5, 5.41) is 8.30. The summed E-state index contributed by atoms with van der Waals surface area (Å²) in [4.78, 5) is 0. The molecule has 2 heteroatoms. The number of hydrogen-bond acceptors (Lipinski definition) is 2. The Bertz CT molecular complexity index is 343. The normalized spacial score (nSPS) is 14.3. The molecule has 0 aromatic carbocycles. The molecule has 0 unspecified atom stereocenters. The van der Waals surface area contributed by atoms with Crippen molar-refractivity contribution < 1.29 is 0 Å². The molecule has 0 aromatic rings. The Balaban J connectivity index is 3.74. The molecule has 0 spiro atoms. The summed E-state index contributed by atoms with van der Waals surface area (Å²) in [6.07, 6.45) is 15.4. The van der Waals surface area contributed by atoms with E-state index in [0.29, 0.717) is 11.8 Å². The van der Waals surface area contributed by atoms with E-state index in [0.717, 1.165) is 12.8 Å². The van der Waals surface area contributed by atoms with E-state index in [-0.39, 0.29) is 0 Å². The SMILES string of the molecule is CC(C)=CCC[C@@H](C)C/C=N/N=C/C[C@H](C)CCC=C(C)C. The predicted octanol–water partition coefficient (Wildman–Crippen LogP) is 6.59. The number of nitrogens with zero attached hydrogens (tertiary/aromatic N) is 2. The molecular weight excluding hydrogens is 268 g/mol. The Morgan fingerprint density at radius 2 is 1.09 bits per heavy atom. The molecule has 0 aliphatic carbocycles. The Morgan fingerprint density at radius 3 is 1.41 bits per heavy atom. The molecule has 0 aliphatic heterocycles. The molecule has 0 rings (SSSR count). The van der Waals surface area contributed by atoms with Gasteiger partial charge in [-0.3, -0.25) is 0 Å². The molecule has 22 heavy (non-hydrogen) atoms. The summed E-state index contributed by atoms with van der Waals surface area (Å²) in [5.41, 5.74) is 2.81. The lowest BCUT2D eigenvalue weighted by Crippen LogP contribution is -1.95. The van der Waals surface area contributed by atoms with Crippen molar-refractivity contribution >= 4 is 12.4 Å². The van der Waals surface area contributed by atoms with Crippen LogP contribution in [-0.4, -0.2) is 12.4 Å². The Labute approximate surface area is 138 Å². The highest BCUT2D eigenvalue weighted by Gasteiger charge is 1.99. The van der Waals surface area contributed by atoms with Gasteiger partial charge in [0.05, 0.1) is 0 Å². The minimum Gasteiger partial charge on any atom is -0.164 e. The van der Waals surface area contributed by atoms with Crippen LogP contribution < -0.4 is 0 Å². The summed E-state index contributed by atoms with van der Waals surface area (Å²) >= 11 is 0. The zero-order valence-corrected chi connectivity index (χ0v) is 15.6. The lowest BCUT2D eigenvalue weighted by molar-refractivity contribution is 0.561. The molecule has 0 bridgehead atoms. The second-order valence-electron chi connectivity index (χ2n) is 7.00. The highest BCUT2D eigenvalue weighted by atomic mass is 15.2. The monoisotopic (exact) mass is 304 g/mol. The van der Waals surface area contributed by atoms with Crippen molar-refractivity contribution in [3.8, 4) is 0 Å². The Kier molecular flexibility index (Phi) is 12.8. The van der Waals surface area contributed by atoms with Gasteiger partial charge in [0, 0.05) is 12.4 Å². The first-order valence-corrected chi connectivity index (χ1v) is 8.71. The summed E-state index contributed by atoms with van der Waals surface area (Å²) in [7, 11) is 0. The predicted molar refractivity (Wildman–Crippen MR) is 102 cm³/mol. The topological polar surface area (TPSA) is 24.7 Å². The van der Waals surface area contributed by atoms with Crippen LogP contribution in [0.4, 0.5) is 0 Å². The van der Waals surface area contributed by atoms with E-state index in [1.54, 1.807) is 0 Å². The van der Waals surface area contributed by atoms with Crippen LogP contribution in [0.5, 0.6) is 0 Å². The van der Waals surface area contributed by atoms with Crippen molar-refractivity contribution in [1.29, 1.82) is 0 Å². The zero-order chi connectivity index (χ0) is 16.8. The summed E-state index contributed by atoms with van der Waals surface area (Å²) in [6.45, 7) is 13.2. The second-order valence-corrected chi connectivity index (χ2v) is 7.00. The minimum atomic E-state index is 0.678. The molecule has 0 fully saturated rings. The van der Waals surface area contributed by atoms with Gasteiger partial charge in [-0.2, -0.15) is 10.2 Å². The third-order valence-electron chi connectivity index (χ3n) is 3.67. The van der Waals surface area contributed by atoms with Gasteiger partial charge >= 0.3 is 0 Å². The van der Waals surface area contributed by atoms with E-state index in [1.807, 2.05) is 12.4 Å². The fourth-order valence-corrected chi connectivity index (χ4v) is 2.10. The van der Waals surface area contributed by atoms with Gasteiger partial charge in [-0.05, 0) is 78.1 Å². The number of rotatable bonds is 11. The first kappa shape index (κ1) is 20.8. The van der Waals surface area contributed by atoms with Crippen LogP contribution in [0.15, 0.2) is 33.5 Å². The quantitative estimate of drug-likeness (QED) is 0.234. The largest absolute Gasteiger partial charge is 0.164 e. The summed E-state index contributed by atoms with van der Waals surface area (Å²) in [5.74, 6) is 1.36. The molecule has 0 aliphatic rings. The third kappa shape index (κ3) is 15.2. The fraction of sp³-hybridized carbons (Fsp3) is 0.700. The van der Waals surface area contributed by atoms with Crippen molar-refractivity contribution in [3.05, 3.63) is 23.3 Å². The van der Waals surface area contributed by atoms with Crippen molar-refractivity contribution in [1.82, 2.24) is 0 Å². The van der Waals surface area contributed by atoms with Crippen molar-refractivity contribution in [3.63, 3.8) is 0 Å². The smallest absolute Gasteiger partial charge is 0.0272 e. The van der Waals surface area contributed by atoms with Gasteiger partial charge in [0.1, 0.15) is 0 Å². The molecule has 0 amide bonds. The first-order chi connectivity index (χ1) is 10.4. The van der Waals surface area contributed by atoms with E-state index >= 15 is 0 Å². The van der Waals surface area contributed by atoms with Gasteiger partial charge in [-0.15, -0.1) is 0 Å². The fourth-order valence-electron chi connectivity index (χ4n) is 2.10. The van der Waals surface area contributed by atoms with E-state index in [1.165, 1.54) is 36.8 Å². The third-order valence-corrected chi connectivity index (χ3v) is 3.67. The molecule has 2 nitrogen and oxygen atoms in total. The van der Waals surface area contributed by atoms with Crippen molar-refractivity contribution in [2.24, 2.45) is 22.0 Å². The molecule has 126 valence electrons. The van der Waals surface area contributed by atoms with Gasteiger partial charge < -0.3 is 0 Å². The maximum absolute atomic E-state index is 4.15. The lowest BCUT2D eigenvalue weighted by Gasteiger charge is -2.05. The Morgan fingerprint density at radius 1 is 0.727 bits per heavy atom. The Hall–Kier alpha value is -1.18. The molecule has 0 radical (unpaired) electrons. The maximum Gasteiger partial charge on any atom is 0.0272 e. The van der Waals surface area contributed by atoms with Crippen LogP contribution in [0.3, 0.4) is 0 Å². The van der Waals surface area contributed by atoms with Gasteiger partial charge in [0.2, 0.25) is 0 Å². The maximum atomic E-state index is 4.15. The molecule has 0 aromatic heterocycles. The molecule has 0 saturated carbocycles. The first-order valence-electron chi connectivity index (χ1n) is 8.71. The lowest BCUT2D eigenvalue weighted by atomic mass is 10.0.